The number of nitrogens with zero attached hydrogens (tertiary/aromatic N) is 7. The molecule has 2 aliphatic rings. The number of carbonyl (C=O) groups excluding carboxylic acids is 1. The van der Waals surface area contributed by atoms with Crippen LogP contribution in [0.3, 0.4) is 0 Å². The number of H-pyrrole nitrogens is 1. The van der Waals surface area contributed by atoms with Crippen LogP contribution in [0.1, 0.15) is 30.5 Å². The molecule has 1 N–H and O–H groups in total. The summed E-state index contributed by atoms with van der Waals surface area (Å²) in [5.74, 6) is 0.502. The van der Waals surface area contributed by atoms with Gasteiger partial charge in [0.05, 0.1) is 5.69 Å². The number of likely N-dealkylation sites (tertiary alicyclic amines) is 1. The Labute approximate surface area is 166 Å². The van der Waals surface area contributed by atoms with Gasteiger partial charge in [-0.25, -0.2) is 9.67 Å². The number of nitrogens with one attached hydrogen (secondary N) is 1. The maximum atomic E-state index is 12.8. The van der Waals surface area contributed by atoms with Gasteiger partial charge in [-0.3, -0.25) is 14.6 Å². The van der Waals surface area contributed by atoms with Crippen molar-refractivity contribution in [2.24, 2.45) is 0 Å². The third kappa shape index (κ3) is 3.10. The van der Waals surface area contributed by atoms with Gasteiger partial charge in [0.1, 0.15) is 18.7 Å². The minimum atomic E-state index is -0.283. The number of pyridine rings is 1. The SMILES string of the molecule is O=C(Cn1cnnn1)N1CCCC2(CCc3c2nc(-c2cccnc2)[nH]c3=O)C1. The van der Waals surface area contributed by atoms with Crippen LogP contribution in [0.4, 0.5) is 0 Å². The van der Waals surface area contributed by atoms with E-state index in [2.05, 4.69) is 25.5 Å². The second kappa shape index (κ2) is 6.87. The molecule has 1 amide bonds. The molecule has 29 heavy (non-hydrogen) atoms. The molecule has 1 aliphatic carbocycles. The summed E-state index contributed by atoms with van der Waals surface area (Å²) in [6.45, 7) is 1.36. The standard InChI is InChI=1S/C19H20N8O2/c28-15(10-27-12-21-24-25-27)26-8-2-5-19(11-26)6-4-14-16(19)22-17(23-18(14)29)13-3-1-7-20-9-13/h1,3,7,9,12H,2,4-6,8,10-11H2,(H,22,23,29). The van der Waals surface area contributed by atoms with Gasteiger partial charge in [0.2, 0.25) is 5.91 Å². The Morgan fingerprint density at radius 2 is 2.24 bits per heavy atom. The van der Waals surface area contributed by atoms with Crippen molar-refractivity contribution in [2.45, 2.75) is 37.6 Å². The number of aromatic amines is 1. The molecule has 0 radical (unpaired) electrons. The van der Waals surface area contributed by atoms with Crippen LogP contribution in [-0.4, -0.2) is 59.1 Å². The zero-order chi connectivity index (χ0) is 19.8. The monoisotopic (exact) mass is 392 g/mol. The predicted octanol–water partition coefficient (Wildman–Crippen LogP) is 0.325. The number of piperidine rings is 1. The lowest BCUT2D eigenvalue weighted by atomic mass is 9.77. The van der Waals surface area contributed by atoms with Gasteiger partial charge in [-0.2, -0.15) is 0 Å². The highest BCUT2D eigenvalue weighted by atomic mass is 16.2. The lowest BCUT2D eigenvalue weighted by molar-refractivity contribution is -0.134. The number of rotatable bonds is 3. The molecule has 0 saturated carbocycles. The van der Waals surface area contributed by atoms with Crippen LogP contribution in [0.25, 0.3) is 11.4 Å². The molecular formula is C19H20N8O2. The van der Waals surface area contributed by atoms with Gasteiger partial charge in [-0.05, 0) is 48.2 Å². The Morgan fingerprint density at radius 3 is 3.03 bits per heavy atom. The van der Waals surface area contributed by atoms with E-state index < -0.39 is 0 Å². The first-order chi connectivity index (χ1) is 14.1. The normalized spacial score (nSPS) is 20.8. The number of carbonyl (C=O) groups is 1. The Kier molecular flexibility index (Phi) is 4.18. The van der Waals surface area contributed by atoms with Crippen LogP contribution >= 0.6 is 0 Å². The first-order valence-corrected chi connectivity index (χ1v) is 9.67. The average molecular weight is 392 g/mol. The summed E-state index contributed by atoms with van der Waals surface area (Å²) in [6.07, 6.45) is 8.10. The fourth-order valence-electron chi connectivity index (χ4n) is 4.52. The van der Waals surface area contributed by atoms with Gasteiger partial charge >= 0.3 is 0 Å². The third-order valence-electron chi connectivity index (χ3n) is 5.92. The molecule has 4 heterocycles. The molecule has 3 aromatic rings. The quantitative estimate of drug-likeness (QED) is 0.681. The van der Waals surface area contributed by atoms with Crippen LogP contribution < -0.4 is 5.56 Å². The molecule has 3 aromatic heterocycles. The number of aromatic nitrogens is 7. The molecule has 148 valence electrons. The van der Waals surface area contributed by atoms with Gasteiger partial charge in [0.25, 0.3) is 5.56 Å². The number of tetrazole rings is 1. The molecule has 1 atom stereocenters. The topological polar surface area (TPSA) is 123 Å². The smallest absolute Gasteiger partial charge is 0.254 e. The van der Waals surface area contributed by atoms with Gasteiger partial charge in [-0.15, -0.1) is 5.10 Å². The highest BCUT2D eigenvalue weighted by molar-refractivity contribution is 5.76. The van der Waals surface area contributed by atoms with E-state index >= 15 is 0 Å². The van der Waals surface area contributed by atoms with Crippen LogP contribution in [0, 0.1) is 0 Å². The number of hydrogen-bond acceptors (Lipinski definition) is 7. The highest BCUT2D eigenvalue weighted by Crippen LogP contribution is 2.43. The summed E-state index contributed by atoms with van der Waals surface area (Å²) >= 11 is 0. The van der Waals surface area contributed by atoms with Gasteiger partial charge < -0.3 is 9.88 Å². The summed E-state index contributed by atoms with van der Waals surface area (Å²) in [5, 5.41) is 10.9. The second-order valence-corrected chi connectivity index (χ2v) is 7.69. The molecular weight excluding hydrogens is 372 g/mol. The molecule has 1 fully saturated rings. The average Bonchev–Trinajstić information content (AvgIpc) is 3.38. The summed E-state index contributed by atoms with van der Waals surface area (Å²) in [6, 6.07) is 3.69. The molecule has 1 aliphatic heterocycles. The van der Waals surface area contributed by atoms with Crippen LogP contribution in [0.15, 0.2) is 35.6 Å². The highest BCUT2D eigenvalue weighted by Gasteiger charge is 2.45. The Morgan fingerprint density at radius 1 is 1.31 bits per heavy atom. The van der Waals surface area contributed by atoms with E-state index in [0.29, 0.717) is 25.3 Å². The molecule has 1 saturated heterocycles. The van der Waals surface area contributed by atoms with Gasteiger partial charge in [0.15, 0.2) is 0 Å². The van der Waals surface area contributed by atoms with Crippen molar-refractivity contribution in [1.29, 1.82) is 0 Å². The zero-order valence-electron chi connectivity index (χ0n) is 15.8. The molecule has 10 nitrogen and oxygen atoms in total. The van der Waals surface area contributed by atoms with Crippen molar-refractivity contribution in [1.82, 2.24) is 40.1 Å². The Hall–Kier alpha value is -3.43. The second-order valence-electron chi connectivity index (χ2n) is 7.69. The van der Waals surface area contributed by atoms with E-state index in [4.69, 9.17) is 4.98 Å². The number of hydrogen-bond donors (Lipinski definition) is 1. The molecule has 0 aromatic carbocycles. The van der Waals surface area contributed by atoms with Crippen molar-refractivity contribution >= 4 is 5.91 Å². The van der Waals surface area contributed by atoms with Crippen molar-refractivity contribution in [3.63, 3.8) is 0 Å². The molecule has 10 heteroatoms. The largest absolute Gasteiger partial charge is 0.340 e. The van der Waals surface area contributed by atoms with Crippen LogP contribution in [0.5, 0.6) is 0 Å². The number of amides is 1. The third-order valence-corrected chi connectivity index (χ3v) is 5.92. The van der Waals surface area contributed by atoms with Crippen molar-refractivity contribution in [2.75, 3.05) is 13.1 Å². The van der Waals surface area contributed by atoms with Crippen molar-refractivity contribution in [3.8, 4) is 11.4 Å². The number of fused-ring (bicyclic) bond motifs is 2. The van der Waals surface area contributed by atoms with Crippen molar-refractivity contribution in [3.05, 3.63) is 52.5 Å². The lowest BCUT2D eigenvalue weighted by Crippen LogP contribution is -2.49. The van der Waals surface area contributed by atoms with Gasteiger partial charge in [-0.1, -0.05) is 0 Å². The van der Waals surface area contributed by atoms with Crippen LogP contribution in [0.2, 0.25) is 0 Å². The predicted molar refractivity (Wildman–Crippen MR) is 102 cm³/mol. The van der Waals surface area contributed by atoms with E-state index in [1.54, 1.807) is 12.4 Å². The first kappa shape index (κ1) is 17.7. The minimum absolute atomic E-state index is 0.0258. The summed E-state index contributed by atoms with van der Waals surface area (Å²) < 4.78 is 1.43. The van der Waals surface area contributed by atoms with E-state index in [-0.39, 0.29) is 23.4 Å². The van der Waals surface area contributed by atoms with E-state index in [1.165, 1.54) is 11.0 Å². The Bertz CT molecular complexity index is 1100. The van der Waals surface area contributed by atoms with Crippen molar-refractivity contribution < 1.29 is 4.79 Å². The fraction of sp³-hybridized carbons (Fsp3) is 0.421. The fourth-order valence-corrected chi connectivity index (χ4v) is 4.52. The van der Waals surface area contributed by atoms with E-state index in [0.717, 1.165) is 36.1 Å². The van der Waals surface area contributed by atoms with E-state index in [1.807, 2.05) is 17.0 Å². The summed E-state index contributed by atoms with van der Waals surface area (Å²) in [5.41, 5.74) is 1.97. The van der Waals surface area contributed by atoms with Crippen LogP contribution in [-0.2, 0) is 23.2 Å². The summed E-state index contributed by atoms with van der Waals surface area (Å²) in [7, 11) is 0. The maximum absolute atomic E-state index is 12.8. The minimum Gasteiger partial charge on any atom is -0.340 e. The Balaban J connectivity index is 1.47. The lowest BCUT2D eigenvalue weighted by Gasteiger charge is -2.40. The molecule has 0 bridgehead atoms. The first-order valence-electron chi connectivity index (χ1n) is 9.67. The molecule has 1 unspecified atom stereocenters. The summed E-state index contributed by atoms with van der Waals surface area (Å²) in [4.78, 5) is 39.3. The van der Waals surface area contributed by atoms with E-state index in [9.17, 15) is 9.59 Å². The zero-order valence-corrected chi connectivity index (χ0v) is 15.8. The molecule has 5 rings (SSSR count). The molecule has 1 spiro atoms. The maximum Gasteiger partial charge on any atom is 0.254 e. The van der Waals surface area contributed by atoms with Gasteiger partial charge in [0, 0.05) is 42.0 Å².